The molecule has 0 amide bonds. The fourth-order valence-electron chi connectivity index (χ4n) is 7.19. The SMILES string of the molecule is CCCCCOc1cccc([Si](Cn2ccnc2BC(c2ccccc2)c2ccccc2)(c2ccccc2)c2cccc(OCCCCC)c2)c1. The van der Waals surface area contributed by atoms with Crippen LogP contribution in [0.25, 0.3) is 0 Å². The standard InChI is InChI=1S/C45H51BN2O2Si/c1-3-5-16-32-49-39-24-18-28-42(34-39)51(41-26-14-9-15-27-41,43-29-19-25-40(35-43)50-33-17-6-4-2)36-48-31-30-47-45(48)46-44(37-20-10-7-11-21-37)38-22-12-8-13-23-38/h7-15,18-31,34-35,44,46H,3-6,16-17,32-33,36H2,1-2H3. The molecule has 0 fully saturated rings. The number of imidazole rings is 1. The van der Waals surface area contributed by atoms with Gasteiger partial charge in [-0.1, -0.05) is 155 Å². The number of nitrogens with zero attached hydrogens (tertiary/aromatic N) is 2. The van der Waals surface area contributed by atoms with Crippen molar-refractivity contribution >= 4 is 36.6 Å². The van der Waals surface area contributed by atoms with E-state index in [1.165, 1.54) is 52.4 Å². The van der Waals surface area contributed by atoms with Gasteiger partial charge in [0.05, 0.1) is 18.9 Å². The molecule has 0 aliphatic heterocycles. The van der Waals surface area contributed by atoms with Gasteiger partial charge in [0, 0.05) is 18.6 Å². The minimum absolute atomic E-state index is 0.182. The van der Waals surface area contributed by atoms with E-state index in [2.05, 4.69) is 164 Å². The summed E-state index contributed by atoms with van der Waals surface area (Å²) in [4.78, 5) is 5.06. The molecule has 0 radical (unpaired) electrons. The lowest BCUT2D eigenvalue weighted by Gasteiger charge is -2.35. The van der Waals surface area contributed by atoms with Crippen LogP contribution in [0.15, 0.2) is 152 Å². The molecule has 6 aromatic rings. The van der Waals surface area contributed by atoms with Crippen molar-refractivity contribution in [2.75, 3.05) is 13.2 Å². The summed E-state index contributed by atoms with van der Waals surface area (Å²) < 4.78 is 15.2. The third-order valence-corrected chi connectivity index (χ3v) is 14.7. The largest absolute Gasteiger partial charge is 0.494 e. The van der Waals surface area contributed by atoms with Crippen LogP contribution in [0.3, 0.4) is 0 Å². The van der Waals surface area contributed by atoms with Gasteiger partial charge in [-0.25, -0.2) is 0 Å². The molecule has 4 nitrogen and oxygen atoms in total. The molecule has 5 aromatic carbocycles. The van der Waals surface area contributed by atoms with Gasteiger partial charge in [0.25, 0.3) is 0 Å². The number of rotatable bonds is 19. The van der Waals surface area contributed by atoms with Crippen molar-refractivity contribution in [3.05, 3.63) is 163 Å². The number of hydrogen-bond donors (Lipinski definition) is 0. The Hall–Kier alpha value is -4.81. The summed E-state index contributed by atoms with van der Waals surface area (Å²) in [5.41, 5.74) is 3.68. The van der Waals surface area contributed by atoms with Gasteiger partial charge in [0.15, 0.2) is 8.07 Å². The molecule has 0 bridgehead atoms. The van der Waals surface area contributed by atoms with Crippen molar-refractivity contribution in [1.29, 1.82) is 0 Å². The average Bonchev–Trinajstić information content (AvgIpc) is 3.63. The third kappa shape index (κ3) is 9.11. The Balaban J connectivity index is 1.46. The maximum Gasteiger partial charge on any atom is 0.217 e. The summed E-state index contributed by atoms with van der Waals surface area (Å²) >= 11 is 0. The van der Waals surface area contributed by atoms with E-state index >= 15 is 0 Å². The summed E-state index contributed by atoms with van der Waals surface area (Å²) in [6, 6.07) is 50.7. The first-order chi connectivity index (χ1) is 25.2. The molecular formula is C45H51BN2O2Si. The van der Waals surface area contributed by atoms with Crippen molar-refractivity contribution in [3.8, 4) is 11.5 Å². The van der Waals surface area contributed by atoms with Crippen molar-refractivity contribution in [1.82, 2.24) is 9.55 Å². The fourth-order valence-corrected chi connectivity index (χ4v) is 11.8. The first-order valence-electron chi connectivity index (χ1n) is 18.8. The van der Waals surface area contributed by atoms with E-state index in [1.54, 1.807) is 0 Å². The van der Waals surface area contributed by atoms with Crippen molar-refractivity contribution in [3.63, 3.8) is 0 Å². The molecule has 0 atom stereocenters. The Morgan fingerprint density at radius 1 is 0.588 bits per heavy atom. The molecule has 0 saturated carbocycles. The Labute approximate surface area is 306 Å². The van der Waals surface area contributed by atoms with Gasteiger partial charge in [0.1, 0.15) is 11.5 Å². The molecule has 0 spiro atoms. The summed E-state index contributed by atoms with van der Waals surface area (Å²) in [6.45, 7) is 5.91. The van der Waals surface area contributed by atoms with E-state index in [0.717, 1.165) is 56.7 Å². The van der Waals surface area contributed by atoms with E-state index in [0.29, 0.717) is 0 Å². The summed E-state index contributed by atoms with van der Waals surface area (Å²) in [6.07, 6.45) is 11.8. The second kappa shape index (κ2) is 18.4. The van der Waals surface area contributed by atoms with Crippen LogP contribution >= 0.6 is 0 Å². The summed E-state index contributed by atoms with van der Waals surface area (Å²) in [7, 11) is -1.98. The molecule has 0 unspecified atom stereocenters. The van der Waals surface area contributed by atoms with E-state index < -0.39 is 8.07 Å². The zero-order valence-corrected chi connectivity index (χ0v) is 31.3. The highest BCUT2D eigenvalue weighted by atomic mass is 28.3. The van der Waals surface area contributed by atoms with Crippen LogP contribution in [-0.2, 0) is 6.17 Å². The number of hydrogen-bond acceptors (Lipinski definition) is 3. The van der Waals surface area contributed by atoms with Crippen molar-refractivity contribution < 1.29 is 9.47 Å². The lowest BCUT2D eigenvalue weighted by molar-refractivity contribution is 0.306. The van der Waals surface area contributed by atoms with Gasteiger partial charge in [-0.3, -0.25) is 4.98 Å². The highest BCUT2D eigenvalue weighted by molar-refractivity contribution is 7.10. The second-order valence-electron chi connectivity index (χ2n) is 13.5. The van der Waals surface area contributed by atoms with E-state index in [4.69, 9.17) is 14.5 Å². The van der Waals surface area contributed by atoms with Crippen LogP contribution in [-0.4, -0.2) is 38.1 Å². The molecule has 51 heavy (non-hydrogen) atoms. The van der Waals surface area contributed by atoms with Gasteiger partial charge in [-0.15, -0.1) is 0 Å². The number of unbranched alkanes of at least 4 members (excludes halogenated alkanes) is 4. The Morgan fingerprint density at radius 2 is 1.08 bits per heavy atom. The Bertz CT molecular complexity index is 1800. The zero-order chi connectivity index (χ0) is 35.1. The molecule has 1 aromatic heterocycles. The smallest absolute Gasteiger partial charge is 0.217 e. The van der Waals surface area contributed by atoms with E-state index in [-0.39, 0.29) is 5.82 Å². The topological polar surface area (TPSA) is 36.3 Å². The van der Waals surface area contributed by atoms with Gasteiger partial charge < -0.3 is 14.0 Å². The summed E-state index contributed by atoms with van der Waals surface area (Å²) in [5, 5.41) is 3.97. The number of benzene rings is 5. The molecule has 1 heterocycles. The number of aromatic nitrogens is 2. The van der Waals surface area contributed by atoms with Crippen LogP contribution in [0.1, 0.15) is 69.3 Å². The lowest BCUT2D eigenvalue weighted by atomic mass is 9.58. The van der Waals surface area contributed by atoms with Gasteiger partial charge in [-0.2, -0.15) is 0 Å². The zero-order valence-electron chi connectivity index (χ0n) is 30.3. The second-order valence-corrected chi connectivity index (χ2v) is 17.3. The molecule has 0 N–H and O–H groups in total. The van der Waals surface area contributed by atoms with Gasteiger partial charge in [-0.05, 0) is 69.6 Å². The first-order valence-corrected chi connectivity index (χ1v) is 21.0. The maximum atomic E-state index is 6.40. The van der Waals surface area contributed by atoms with E-state index in [9.17, 15) is 0 Å². The predicted molar refractivity (Wildman–Crippen MR) is 218 cm³/mol. The molecule has 0 aliphatic carbocycles. The van der Waals surface area contributed by atoms with Gasteiger partial charge in [0.2, 0.25) is 7.28 Å². The minimum atomic E-state index is -2.78. The lowest BCUT2D eigenvalue weighted by Crippen LogP contribution is -2.70. The molecule has 0 saturated heterocycles. The fraction of sp³-hybridized carbons (Fsp3) is 0.267. The van der Waals surface area contributed by atoms with Crippen molar-refractivity contribution in [2.45, 2.75) is 64.4 Å². The molecule has 0 aliphatic rings. The van der Waals surface area contributed by atoms with E-state index in [1.807, 2.05) is 6.20 Å². The predicted octanol–water partition coefficient (Wildman–Crippen LogP) is 7.58. The van der Waals surface area contributed by atoms with Crippen LogP contribution in [0.4, 0.5) is 0 Å². The van der Waals surface area contributed by atoms with Gasteiger partial charge >= 0.3 is 0 Å². The number of ether oxygens (including phenoxy) is 2. The highest BCUT2D eigenvalue weighted by Gasteiger charge is 2.41. The van der Waals surface area contributed by atoms with Crippen molar-refractivity contribution in [2.24, 2.45) is 0 Å². The minimum Gasteiger partial charge on any atom is -0.494 e. The van der Waals surface area contributed by atoms with Crippen LogP contribution in [0.5, 0.6) is 11.5 Å². The quantitative estimate of drug-likeness (QED) is 0.0500. The van der Waals surface area contributed by atoms with Crippen LogP contribution < -0.4 is 30.8 Å². The third-order valence-electron chi connectivity index (χ3n) is 9.95. The summed E-state index contributed by atoms with van der Waals surface area (Å²) in [5.74, 6) is 2.05. The maximum absolute atomic E-state index is 6.40. The Morgan fingerprint density at radius 3 is 1.59 bits per heavy atom. The molecule has 6 rings (SSSR count). The van der Waals surface area contributed by atoms with Crippen LogP contribution in [0.2, 0.25) is 0 Å². The average molecular weight is 691 g/mol. The monoisotopic (exact) mass is 690 g/mol. The molecule has 6 heteroatoms. The highest BCUT2D eigenvalue weighted by Crippen LogP contribution is 2.24. The molecular weight excluding hydrogens is 639 g/mol. The molecule has 260 valence electrons. The normalized spacial score (nSPS) is 11.4. The first kappa shape index (κ1) is 36.0. The Kier molecular flexibility index (Phi) is 13.0. The van der Waals surface area contributed by atoms with Crippen LogP contribution in [0, 0.1) is 0 Å².